The van der Waals surface area contributed by atoms with Crippen LogP contribution in [0.4, 0.5) is 17.3 Å². The third kappa shape index (κ3) is 3.56. The van der Waals surface area contributed by atoms with Crippen molar-refractivity contribution < 1.29 is 5.03 Å². The number of hydrogen-bond acceptors (Lipinski definition) is 7. The van der Waals surface area contributed by atoms with Gasteiger partial charge in [0.1, 0.15) is 18.3 Å². The number of benzene rings is 2. The van der Waals surface area contributed by atoms with Gasteiger partial charge in [0, 0.05) is 16.9 Å². The molecule has 0 saturated heterocycles. The molecule has 25 heavy (non-hydrogen) atoms. The Morgan fingerprint density at radius 2 is 1.40 bits per heavy atom. The molecule has 0 unspecified atom stereocenters. The summed E-state index contributed by atoms with van der Waals surface area (Å²) in [5.74, 6) is 0.0308. The van der Waals surface area contributed by atoms with E-state index >= 15 is 0 Å². The number of nitrogens with zero attached hydrogens (tertiary/aromatic N) is 7. The third-order valence-corrected chi connectivity index (χ3v) is 3.41. The summed E-state index contributed by atoms with van der Waals surface area (Å²) < 4.78 is 0.951. The van der Waals surface area contributed by atoms with Crippen LogP contribution in [0.1, 0.15) is 0 Å². The number of para-hydroxylation sites is 2. The molecular weight excluding hydrogens is 346 g/mol. The Hall–Kier alpha value is -3.46. The highest BCUT2D eigenvalue weighted by Crippen LogP contribution is 2.27. The SMILES string of the molecule is O=[N+]([O-])N(c1ccccc1)N(c1ccccc1)N(Cl)c1ncncn1. The fourth-order valence-electron chi connectivity index (χ4n) is 2.09. The van der Waals surface area contributed by atoms with Crippen LogP contribution in [0.2, 0.25) is 0 Å². The topological polar surface area (TPSA) is 91.5 Å². The minimum atomic E-state index is -0.584. The van der Waals surface area contributed by atoms with E-state index in [2.05, 4.69) is 15.0 Å². The molecule has 0 spiro atoms. The van der Waals surface area contributed by atoms with Crippen LogP contribution in [0.25, 0.3) is 0 Å². The Bertz CT molecular complexity index is 823. The lowest BCUT2D eigenvalue weighted by molar-refractivity contribution is -0.496. The first-order valence-corrected chi connectivity index (χ1v) is 7.44. The number of nitro groups is 1. The molecule has 126 valence electrons. The molecule has 10 heteroatoms. The maximum atomic E-state index is 11.8. The van der Waals surface area contributed by atoms with Gasteiger partial charge >= 0.3 is 0 Å². The molecule has 3 rings (SSSR count). The highest BCUT2D eigenvalue weighted by Gasteiger charge is 2.33. The summed E-state index contributed by atoms with van der Waals surface area (Å²) >= 11 is 6.36. The monoisotopic (exact) mass is 357 g/mol. The standard InChI is InChI=1S/C15H12ClN7O2/c16-20(15-18-11-17-12-19-15)21(13-7-3-1-4-8-13)22(23(24)25)14-9-5-2-6-10-14/h1-12H. The van der Waals surface area contributed by atoms with Crippen LogP contribution in [0.3, 0.4) is 0 Å². The third-order valence-electron chi connectivity index (χ3n) is 3.12. The van der Waals surface area contributed by atoms with Gasteiger partial charge in [-0.2, -0.15) is 9.97 Å². The normalized spacial score (nSPS) is 10.1. The van der Waals surface area contributed by atoms with Crippen molar-refractivity contribution in [1.82, 2.24) is 15.0 Å². The molecule has 1 heterocycles. The number of anilines is 3. The fourth-order valence-corrected chi connectivity index (χ4v) is 2.33. The second-order valence-electron chi connectivity index (χ2n) is 4.69. The van der Waals surface area contributed by atoms with Crippen LogP contribution >= 0.6 is 11.8 Å². The van der Waals surface area contributed by atoms with Crippen molar-refractivity contribution in [2.24, 2.45) is 0 Å². The minimum Gasteiger partial charge on any atom is -0.233 e. The molecule has 0 atom stereocenters. The molecule has 2 aromatic carbocycles. The van der Waals surface area contributed by atoms with E-state index in [0.29, 0.717) is 11.4 Å². The van der Waals surface area contributed by atoms with Crippen molar-refractivity contribution in [1.29, 1.82) is 0 Å². The van der Waals surface area contributed by atoms with Gasteiger partial charge in [0.15, 0.2) is 5.03 Å². The number of halogens is 1. The molecule has 1 aromatic heterocycles. The fraction of sp³-hybridized carbons (Fsp3) is 0. The predicted molar refractivity (Wildman–Crippen MR) is 93.0 cm³/mol. The minimum absolute atomic E-state index is 0.0308. The second kappa shape index (κ2) is 7.41. The first-order valence-electron chi connectivity index (χ1n) is 7.11. The average Bonchev–Trinajstić information content (AvgIpc) is 2.67. The largest absolute Gasteiger partial charge is 0.265 e. The summed E-state index contributed by atoms with van der Waals surface area (Å²) in [6.07, 6.45) is 2.50. The van der Waals surface area contributed by atoms with Gasteiger partial charge in [0.25, 0.3) is 5.95 Å². The van der Waals surface area contributed by atoms with Gasteiger partial charge in [-0.05, 0) is 24.3 Å². The van der Waals surface area contributed by atoms with Crippen molar-refractivity contribution in [3.63, 3.8) is 0 Å². The van der Waals surface area contributed by atoms with Crippen molar-refractivity contribution in [3.05, 3.63) is 83.4 Å². The van der Waals surface area contributed by atoms with E-state index in [4.69, 9.17) is 11.8 Å². The molecule has 0 aliphatic carbocycles. The van der Waals surface area contributed by atoms with Crippen LogP contribution in [0.5, 0.6) is 0 Å². The lowest BCUT2D eigenvalue weighted by Crippen LogP contribution is -2.54. The summed E-state index contributed by atoms with van der Waals surface area (Å²) in [5.41, 5.74) is 0.745. The number of rotatable bonds is 6. The highest BCUT2D eigenvalue weighted by atomic mass is 35.5. The van der Waals surface area contributed by atoms with Crippen molar-refractivity contribution >= 4 is 29.1 Å². The number of hydrogen-bond donors (Lipinski definition) is 0. The van der Waals surface area contributed by atoms with Gasteiger partial charge in [0.05, 0.1) is 5.69 Å². The Morgan fingerprint density at radius 3 is 1.92 bits per heavy atom. The lowest BCUT2D eigenvalue weighted by Gasteiger charge is -2.33. The highest BCUT2D eigenvalue weighted by molar-refractivity contribution is 6.26. The van der Waals surface area contributed by atoms with Gasteiger partial charge in [-0.3, -0.25) is 0 Å². The maximum Gasteiger partial charge on any atom is 0.265 e. The van der Waals surface area contributed by atoms with Gasteiger partial charge in [-0.15, -0.1) is 9.65 Å². The number of hydrazine groups is 3. The van der Waals surface area contributed by atoms with Crippen LogP contribution in [0, 0.1) is 10.1 Å². The summed E-state index contributed by atoms with van der Waals surface area (Å²) in [5, 5.41) is 13.2. The van der Waals surface area contributed by atoms with Crippen LogP contribution in [-0.2, 0) is 0 Å². The van der Waals surface area contributed by atoms with Crippen molar-refractivity contribution in [3.8, 4) is 0 Å². The zero-order valence-electron chi connectivity index (χ0n) is 12.8. The molecule has 0 saturated carbocycles. The molecule has 0 bridgehead atoms. The summed E-state index contributed by atoms with van der Waals surface area (Å²) in [6.45, 7) is 0. The Morgan fingerprint density at radius 1 is 0.880 bits per heavy atom. The molecule has 0 N–H and O–H groups in total. The second-order valence-corrected chi connectivity index (χ2v) is 5.01. The van der Waals surface area contributed by atoms with E-state index in [0.717, 1.165) is 14.8 Å². The Balaban J connectivity index is 2.11. The zero-order chi connectivity index (χ0) is 17.6. The lowest BCUT2D eigenvalue weighted by atomic mass is 10.3. The first-order chi connectivity index (χ1) is 12.2. The Labute approximate surface area is 147 Å². The van der Waals surface area contributed by atoms with Gasteiger partial charge in [-0.1, -0.05) is 36.4 Å². The number of aromatic nitrogens is 3. The van der Waals surface area contributed by atoms with Gasteiger partial charge in [0.2, 0.25) is 0 Å². The van der Waals surface area contributed by atoms with Gasteiger partial charge in [-0.25, -0.2) is 15.1 Å². The van der Waals surface area contributed by atoms with Crippen LogP contribution in [-0.4, -0.2) is 20.0 Å². The molecule has 3 aromatic rings. The zero-order valence-corrected chi connectivity index (χ0v) is 13.5. The van der Waals surface area contributed by atoms with E-state index < -0.39 is 5.03 Å². The summed E-state index contributed by atoms with van der Waals surface area (Å²) in [6, 6.07) is 17.0. The van der Waals surface area contributed by atoms with E-state index in [9.17, 15) is 10.1 Å². The molecule has 0 amide bonds. The summed E-state index contributed by atoms with van der Waals surface area (Å²) in [4.78, 5) is 23.4. The first kappa shape index (κ1) is 16.4. The molecule has 9 nitrogen and oxygen atoms in total. The van der Waals surface area contributed by atoms with E-state index in [1.165, 1.54) is 12.7 Å². The van der Waals surface area contributed by atoms with E-state index in [-0.39, 0.29) is 5.95 Å². The van der Waals surface area contributed by atoms with Crippen LogP contribution < -0.4 is 14.8 Å². The van der Waals surface area contributed by atoms with E-state index in [1.807, 2.05) is 0 Å². The molecule has 0 aliphatic heterocycles. The average molecular weight is 358 g/mol. The molecule has 0 fully saturated rings. The quantitative estimate of drug-likeness (QED) is 0.378. The van der Waals surface area contributed by atoms with Crippen LogP contribution in [0.15, 0.2) is 73.3 Å². The predicted octanol–water partition coefficient (Wildman–Crippen LogP) is 2.87. The van der Waals surface area contributed by atoms with E-state index in [1.54, 1.807) is 60.7 Å². The maximum absolute atomic E-state index is 11.8. The summed E-state index contributed by atoms with van der Waals surface area (Å²) in [7, 11) is 0. The van der Waals surface area contributed by atoms with Crippen molar-refractivity contribution in [2.75, 3.05) is 14.8 Å². The molecule has 0 aliphatic rings. The Kier molecular flexibility index (Phi) is 4.86. The molecule has 0 radical (unpaired) electrons. The van der Waals surface area contributed by atoms with Crippen molar-refractivity contribution in [2.45, 2.75) is 0 Å². The van der Waals surface area contributed by atoms with Gasteiger partial charge < -0.3 is 0 Å². The molecular formula is C15H12ClN7O2. The smallest absolute Gasteiger partial charge is 0.233 e.